The van der Waals surface area contributed by atoms with E-state index in [1.54, 1.807) is 11.6 Å². The van der Waals surface area contributed by atoms with Gasteiger partial charge in [0.2, 0.25) is 5.91 Å². The molecule has 0 spiro atoms. The number of hydrogen-bond donors (Lipinski definition) is 0. The molecule has 2 aromatic heterocycles. The summed E-state index contributed by atoms with van der Waals surface area (Å²) in [7, 11) is -1.43. The molecule has 1 aromatic carbocycles. The second-order valence-electron chi connectivity index (χ2n) is 8.64. The maximum atomic E-state index is 13.7. The molecule has 176 valence electrons. The number of carbonyl (C=O) groups is 1. The summed E-state index contributed by atoms with van der Waals surface area (Å²) in [4.78, 5) is 34.6. The molecule has 1 aliphatic heterocycles. The summed E-state index contributed by atoms with van der Waals surface area (Å²) < 4.78 is 25.2. The van der Waals surface area contributed by atoms with Gasteiger partial charge < -0.3 is 4.90 Å². The Morgan fingerprint density at radius 1 is 1.27 bits per heavy atom. The van der Waals surface area contributed by atoms with E-state index in [0.29, 0.717) is 21.8 Å². The van der Waals surface area contributed by atoms with Gasteiger partial charge in [0.25, 0.3) is 5.56 Å². The highest BCUT2D eigenvalue weighted by molar-refractivity contribution is 7.99. The van der Waals surface area contributed by atoms with Gasteiger partial charge in [-0.3, -0.25) is 14.2 Å². The van der Waals surface area contributed by atoms with E-state index in [1.165, 1.54) is 28.0 Å². The van der Waals surface area contributed by atoms with Crippen LogP contribution in [-0.2, 0) is 14.6 Å². The first-order chi connectivity index (χ1) is 15.5. The number of rotatable bonds is 5. The van der Waals surface area contributed by atoms with Crippen molar-refractivity contribution in [3.05, 3.63) is 50.1 Å². The molecule has 3 aromatic rings. The average molecular weight is 506 g/mol. The Kier molecular flexibility index (Phi) is 6.45. The lowest BCUT2D eigenvalue weighted by Gasteiger charge is -2.23. The van der Waals surface area contributed by atoms with Crippen LogP contribution in [0.15, 0.2) is 28.2 Å². The maximum absolute atomic E-state index is 13.7. The van der Waals surface area contributed by atoms with Crippen LogP contribution in [0.2, 0.25) is 0 Å². The molecule has 1 amide bonds. The van der Waals surface area contributed by atoms with E-state index in [9.17, 15) is 18.0 Å². The highest BCUT2D eigenvalue weighted by Crippen LogP contribution is 2.30. The quantitative estimate of drug-likeness (QED) is 0.390. The predicted octanol–water partition coefficient (Wildman–Crippen LogP) is 3.42. The molecular weight excluding hydrogens is 478 g/mol. The fourth-order valence-corrected chi connectivity index (χ4v) is 7.83. The van der Waals surface area contributed by atoms with Gasteiger partial charge in [0.05, 0.1) is 28.3 Å². The van der Waals surface area contributed by atoms with Crippen molar-refractivity contribution in [2.24, 2.45) is 0 Å². The van der Waals surface area contributed by atoms with Crippen molar-refractivity contribution < 1.29 is 13.2 Å². The Balaban J connectivity index is 1.73. The third-order valence-electron chi connectivity index (χ3n) is 6.25. The largest absolute Gasteiger partial charge is 0.341 e. The molecule has 0 saturated carbocycles. The number of aromatic nitrogens is 2. The average Bonchev–Trinajstić information content (AvgIpc) is 3.26. The van der Waals surface area contributed by atoms with Gasteiger partial charge in [-0.1, -0.05) is 23.9 Å². The van der Waals surface area contributed by atoms with Gasteiger partial charge in [-0.2, -0.15) is 0 Å². The lowest BCUT2D eigenvalue weighted by molar-refractivity contribution is -0.128. The molecule has 1 atom stereocenters. The number of thiophene rings is 1. The molecule has 1 aliphatic rings. The zero-order chi connectivity index (χ0) is 24.1. The molecule has 0 radical (unpaired) electrons. The second kappa shape index (κ2) is 8.88. The zero-order valence-electron chi connectivity index (χ0n) is 19.3. The van der Waals surface area contributed by atoms with E-state index in [4.69, 9.17) is 4.98 Å². The minimum Gasteiger partial charge on any atom is -0.341 e. The number of nitrogens with zero attached hydrogens (tertiary/aromatic N) is 3. The molecule has 0 aliphatic carbocycles. The fourth-order valence-electron chi connectivity index (χ4n) is 4.06. The van der Waals surface area contributed by atoms with Crippen LogP contribution >= 0.6 is 23.1 Å². The van der Waals surface area contributed by atoms with Crippen LogP contribution in [0.25, 0.3) is 15.9 Å². The highest BCUT2D eigenvalue weighted by atomic mass is 32.2. The van der Waals surface area contributed by atoms with Gasteiger partial charge in [0, 0.05) is 18.0 Å². The van der Waals surface area contributed by atoms with Crippen LogP contribution in [0.5, 0.6) is 0 Å². The van der Waals surface area contributed by atoms with Gasteiger partial charge >= 0.3 is 0 Å². The van der Waals surface area contributed by atoms with E-state index in [0.717, 1.165) is 27.3 Å². The number of fused-ring (bicyclic) bond motifs is 1. The molecule has 33 heavy (non-hydrogen) atoms. The van der Waals surface area contributed by atoms with Crippen LogP contribution in [0, 0.1) is 27.7 Å². The van der Waals surface area contributed by atoms with E-state index >= 15 is 0 Å². The van der Waals surface area contributed by atoms with Gasteiger partial charge in [0.15, 0.2) is 15.0 Å². The molecule has 7 nitrogen and oxygen atoms in total. The number of hydrogen-bond acceptors (Lipinski definition) is 7. The van der Waals surface area contributed by atoms with E-state index in [2.05, 4.69) is 0 Å². The normalized spacial score (nSPS) is 17.5. The van der Waals surface area contributed by atoms with Gasteiger partial charge in [-0.25, -0.2) is 13.4 Å². The number of carbonyl (C=O) groups excluding carboxylic acids is 1. The van der Waals surface area contributed by atoms with Crippen LogP contribution in [0.1, 0.15) is 28.0 Å². The molecule has 0 unspecified atom stereocenters. The van der Waals surface area contributed by atoms with Gasteiger partial charge in [0.1, 0.15) is 4.83 Å². The van der Waals surface area contributed by atoms with E-state index in [-0.39, 0.29) is 34.8 Å². The van der Waals surface area contributed by atoms with Crippen molar-refractivity contribution in [3.63, 3.8) is 0 Å². The Morgan fingerprint density at radius 3 is 2.67 bits per heavy atom. The Hall–Kier alpha value is -2.17. The molecule has 0 bridgehead atoms. The summed E-state index contributed by atoms with van der Waals surface area (Å²) in [6, 6.07) is 5.63. The Labute approximate surface area is 201 Å². The third-order valence-corrected chi connectivity index (χ3v) is 10.0. The van der Waals surface area contributed by atoms with Crippen molar-refractivity contribution in [3.8, 4) is 5.69 Å². The first-order valence-corrected chi connectivity index (χ1v) is 14.3. The fraction of sp³-hybridized carbons (Fsp3) is 0.435. The standard InChI is InChI=1S/C23H27N3O4S3/c1-13-6-7-14(2)18(10-13)26-22(28)20-15(3)16(4)32-21(20)24-23(26)31-11-19(27)25(5)17-8-9-33(29,30)12-17/h6-7,10,17H,8-9,11-12H2,1-5H3/t17-/m1/s1. The predicted molar refractivity (Wildman–Crippen MR) is 135 cm³/mol. The second-order valence-corrected chi connectivity index (χ2v) is 13.0. The monoisotopic (exact) mass is 505 g/mol. The van der Waals surface area contributed by atoms with Crippen molar-refractivity contribution in [1.29, 1.82) is 0 Å². The summed E-state index contributed by atoms with van der Waals surface area (Å²) in [5.74, 6) is 0.0104. The van der Waals surface area contributed by atoms with Crippen LogP contribution in [0.3, 0.4) is 0 Å². The van der Waals surface area contributed by atoms with Crippen molar-refractivity contribution >= 4 is 49.1 Å². The van der Waals surface area contributed by atoms with Crippen LogP contribution in [0.4, 0.5) is 0 Å². The molecule has 10 heteroatoms. The molecular formula is C23H27N3O4S3. The molecule has 1 fully saturated rings. The summed E-state index contributed by atoms with van der Waals surface area (Å²) in [6.07, 6.45) is 0.459. The molecule has 1 saturated heterocycles. The summed E-state index contributed by atoms with van der Waals surface area (Å²) in [6.45, 7) is 7.84. The van der Waals surface area contributed by atoms with Crippen LogP contribution in [-0.4, -0.2) is 59.1 Å². The van der Waals surface area contributed by atoms with Crippen molar-refractivity contribution in [2.75, 3.05) is 24.3 Å². The third kappa shape index (κ3) is 4.61. The van der Waals surface area contributed by atoms with Crippen molar-refractivity contribution in [1.82, 2.24) is 14.5 Å². The molecule has 3 heterocycles. The number of aryl methyl sites for hydroxylation is 4. The number of benzene rings is 1. The number of sulfone groups is 1. The highest BCUT2D eigenvalue weighted by Gasteiger charge is 2.32. The Bertz CT molecular complexity index is 1420. The minimum atomic E-state index is -3.08. The Morgan fingerprint density at radius 2 is 2.00 bits per heavy atom. The first-order valence-electron chi connectivity index (χ1n) is 10.7. The van der Waals surface area contributed by atoms with E-state index in [1.807, 2.05) is 45.9 Å². The van der Waals surface area contributed by atoms with Gasteiger partial charge in [-0.05, 0) is 56.9 Å². The number of thioether (sulfide) groups is 1. The maximum Gasteiger partial charge on any atom is 0.267 e. The summed E-state index contributed by atoms with van der Waals surface area (Å²) >= 11 is 2.69. The lowest BCUT2D eigenvalue weighted by atomic mass is 10.1. The summed E-state index contributed by atoms with van der Waals surface area (Å²) in [5.41, 5.74) is 3.51. The SMILES string of the molecule is Cc1ccc(C)c(-n2c(SCC(=O)N(C)[C@@H]3CCS(=O)(=O)C3)nc3sc(C)c(C)c3c2=O)c1. The number of amides is 1. The van der Waals surface area contributed by atoms with Crippen LogP contribution < -0.4 is 5.56 Å². The molecule has 0 N–H and O–H groups in total. The molecule has 4 rings (SSSR count). The summed E-state index contributed by atoms with van der Waals surface area (Å²) in [5, 5.41) is 1.07. The topological polar surface area (TPSA) is 89.3 Å². The minimum absolute atomic E-state index is 0.00502. The smallest absolute Gasteiger partial charge is 0.267 e. The first kappa shape index (κ1) is 24.0. The van der Waals surface area contributed by atoms with E-state index < -0.39 is 9.84 Å². The van der Waals surface area contributed by atoms with Gasteiger partial charge in [-0.15, -0.1) is 11.3 Å². The van der Waals surface area contributed by atoms with Crippen molar-refractivity contribution in [2.45, 2.75) is 45.3 Å². The lowest BCUT2D eigenvalue weighted by Crippen LogP contribution is -2.39. The zero-order valence-corrected chi connectivity index (χ0v) is 21.8.